The van der Waals surface area contributed by atoms with Crippen molar-refractivity contribution >= 4 is 52.2 Å². The van der Waals surface area contributed by atoms with Gasteiger partial charge < -0.3 is 9.80 Å². The van der Waals surface area contributed by atoms with Crippen LogP contribution in [0.2, 0.25) is 0 Å². The van der Waals surface area contributed by atoms with Gasteiger partial charge in [0, 0.05) is 49.2 Å². The molecule has 0 aliphatic rings. The SMILES string of the molecule is CCN(CC)c1ccc(/C=N\c2nc3c4ccccc4nc(/C=C/c4ccc(N(CC)CC)cc4)n3n2)cc1. The molecule has 0 aliphatic heterocycles. The molecule has 39 heavy (non-hydrogen) atoms. The average molecular weight is 518 g/mol. The number of para-hydroxylation sites is 1. The van der Waals surface area contributed by atoms with Crippen molar-refractivity contribution in [2.24, 2.45) is 4.99 Å². The van der Waals surface area contributed by atoms with Gasteiger partial charge in [0.25, 0.3) is 5.95 Å². The molecule has 5 aromatic rings. The van der Waals surface area contributed by atoms with Gasteiger partial charge in [-0.3, -0.25) is 0 Å². The van der Waals surface area contributed by atoms with E-state index in [0.29, 0.717) is 11.8 Å². The standard InChI is InChI=1S/C32H35N7/c1-5-37(6-2)26-18-13-24(14-19-26)17-22-30-34-29-12-10-9-11-28(29)31-35-32(36-39(30)31)33-23-25-15-20-27(21-16-25)38(7-3)8-4/h9-23H,5-8H2,1-4H3/b22-17+,33-23-. The largest absolute Gasteiger partial charge is 0.372 e. The molecule has 2 aromatic heterocycles. The lowest BCUT2D eigenvalue weighted by atomic mass is 10.1. The maximum Gasteiger partial charge on any atom is 0.269 e. The molecule has 0 bridgehead atoms. The van der Waals surface area contributed by atoms with Crippen LogP contribution < -0.4 is 9.80 Å². The summed E-state index contributed by atoms with van der Waals surface area (Å²) in [5.74, 6) is 1.10. The first-order valence-corrected chi connectivity index (χ1v) is 13.7. The van der Waals surface area contributed by atoms with Crippen LogP contribution in [0, 0.1) is 0 Å². The molecule has 0 N–H and O–H groups in total. The van der Waals surface area contributed by atoms with E-state index in [-0.39, 0.29) is 0 Å². The summed E-state index contributed by atoms with van der Waals surface area (Å²) in [6.07, 6.45) is 5.86. The van der Waals surface area contributed by atoms with Crippen LogP contribution >= 0.6 is 0 Å². The fraction of sp³-hybridized carbons (Fsp3) is 0.250. The zero-order valence-electron chi connectivity index (χ0n) is 23.1. The van der Waals surface area contributed by atoms with E-state index in [9.17, 15) is 0 Å². The van der Waals surface area contributed by atoms with Gasteiger partial charge in [0.05, 0.1) is 5.52 Å². The lowest BCUT2D eigenvalue weighted by molar-refractivity contribution is 0.866. The smallest absolute Gasteiger partial charge is 0.269 e. The van der Waals surface area contributed by atoms with Crippen LogP contribution in [0.15, 0.2) is 77.8 Å². The molecule has 7 nitrogen and oxygen atoms in total. The minimum atomic E-state index is 0.402. The second kappa shape index (κ2) is 11.9. The second-order valence-corrected chi connectivity index (χ2v) is 9.25. The van der Waals surface area contributed by atoms with Crippen LogP contribution in [0.3, 0.4) is 0 Å². The summed E-state index contributed by atoms with van der Waals surface area (Å²) in [6.45, 7) is 12.6. The Morgan fingerprint density at radius 1 is 0.692 bits per heavy atom. The highest BCUT2D eigenvalue weighted by Crippen LogP contribution is 2.22. The first-order valence-electron chi connectivity index (χ1n) is 13.7. The summed E-state index contributed by atoms with van der Waals surface area (Å²) in [7, 11) is 0. The number of hydrogen-bond acceptors (Lipinski definition) is 6. The Morgan fingerprint density at radius 3 is 1.90 bits per heavy atom. The van der Waals surface area contributed by atoms with E-state index in [0.717, 1.165) is 53.9 Å². The maximum atomic E-state index is 4.87. The molecule has 7 heteroatoms. The third-order valence-electron chi connectivity index (χ3n) is 6.99. The molecule has 0 atom stereocenters. The quantitative estimate of drug-likeness (QED) is 0.189. The van der Waals surface area contributed by atoms with Crippen LogP contribution in [-0.2, 0) is 0 Å². The minimum Gasteiger partial charge on any atom is -0.372 e. The number of fused-ring (bicyclic) bond motifs is 3. The van der Waals surface area contributed by atoms with Gasteiger partial charge in [0.15, 0.2) is 11.5 Å². The van der Waals surface area contributed by atoms with Crippen molar-refractivity contribution in [1.82, 2.24) is 19.6 Å². The number of hydrogen-bond donors (Lipinski definition) is 0. The molecule has 0 spiro atoms. The summed E-state index contributed by atoms with van der Waals surface area (Å²) in [6, 6.07) is 25.0. The van der Waals surface area contributed by atoms with E-state index >= 15 is 0 Å². The average Bonchev–Trinajstić information content (AvgIpc) is 3.42. The van der Waals surface area contributed by atoms with E-state index in [1.807, 2.05) is 36.6 Å². The van der Waals surface area contributed by atoms with E-state index in [1.54, 1.807) is 4.52 Å². The molecule has 0 radical (unpaired) electrons. The van der Waals surface area contributed by atoms with Crippen LogP contribution in [-0.4, -0.2) is 52.0 Å². The molecule has 0 aliphatic carbocycles. The van der Waals surface area contributed by atoms with Crippen LogP contribution in [0.4, 0.5) is 17.3 Å². The van der Waals surface area contributed by atoms with E-state index < -0.39 is 0 Å². The van der Waals surface area contributed by atoms with E-state index in [1.165, 1.54) is 11.4 Å². The van der Waals surface area contributed by atoms with Crippen molar-refractivity contribution in [3.05, 3.63) is 89.7 Å². The highest BCUT2D eigenvalue weighted by Gasteiger charge is 2.11. The Kier molecular flexibility index (Phi) is 7.96. The van der Waals surface area contributed by atoms with Crippen molar-refractivity contribution < 1.29 is 0 Å². The molecule has 0 unspecified atom stereocenters. The van der Waals surface area contributed by atoms with Crippen LogP contribution in [0.1, 0.15) is 44.6 Å². The number of nitrogens with zero attached hydrogens (tertiary/aromatic N) is 7. The molecular weight excluding hydrogens is 482 g/mol. The first kappa shape index (κ1) is 26.1. The Hall–Kier alpha value is -4.52. The molecule has 5 rings (SSSR count). The molecule has 0 saturated carbocycles. The predicted molar refractivity (Wildman–Crippen MR) is 164 cm³/mol. The molecule has 2 heterocycles. The number of benzene rings is 3. The van der Waals surface area contributed by atoms with Gasteiger partial charge in [-0.05, 0) is 81.3 Å². The van der Waals surface area contributed by atoms with Gasteiger partial charge in [-0.15, -0.1) is 5.10 Å². The monoisotopic (exact) mass is 517 g/mol. The third-order valence-corrected chi connectivity index (χ3v) is 6.99. The normalized spacial score (nSPS) is 11.8. The Morgan fingerprint density at radius 2 is 1.28 bits per heavy atom. The second-order valence-electron chi connectivity index (χ2n) is 9.25. The Bertz CT molecular complexity index is 1590. The predicted octanol–water partition coefficient (Wildman–Crippen LogP) is 6.89. The molecule has 0 saturated heterocycles. The first-order chi connectivity index (χ1) is 19.1. The Labute approximate surface area is 230 Å². The fourth-order valence-corrected chi connectivity index (χ4v) is 4.78. The molecular formula is C32H35N7. The van der Waals surface area contributed by atoms with Gasteiger partial charge in [0.1, 0.15) is 0 Å². The summed E-state index contributed by atoms with van der Waals surface area (Å²) in [5, 5.41) is 5.64. The van der Waals surface area contributed by atoms with Crippen LogP contribution in [0.5, 0.6) is 0 Å². The van der Waals surface area contributed by atoms with Gasteiger partial charge >= 0.3 is 0 Å². The van der Waals surface area contributed by atoms with Crippen molar-refractivity contribution in [3.63, 3.8) is 0 Å². The molecule has 0 fully saturated rings. The number of anilines is 2. The van der Waals surface area contributed by atoms with Crippen molar-refractivity contribution in [2.45, 2.75) is 27.7 Å². The van der Waals surface area contributed by atoms with Gasteiger partial charge in [-0.1, -0.05) is 42.5 Å². The third kappa shape index (κ3) is 5.67. The van der Waals surface area contributed by atoms with Crippen molar-refractivity contribution in [2.75, 3.05) is 36.0 Å². The zero-order chi connectivity index (χ0) is 27.2. The van der Waals surface area contributed by atoms with Crippen molar-refractivity contribution in [1.29, 1.82) is 0 Å². The number of aromatic nitrogens is 4. The lowest BCUT2D eigenvalue weighted by Gasteiger charge is -2.20. The molecule has 198 valence electrons. The van der Waals surface area contributed by atoms with E-state index in [4.69, 9.17) is 15.1 Å². The summed E-state index contributed by atoms with van der Waals surface area (Å²) in [4.78, 5) is 18.9. The van der Waals surface area contributed by atoms with E-state index in [2.05, 4.69) is 97.1 Å². The van der Waals surface area contributed by atoms with Crippen molar-refractivity contribution in [3.8, 4) is 0 Å². The summed E-state index contributed by atoms with van der Waals surface area (Å²) < 4.78 is 1.78. The number of rotatable bonds is 10. The zero-order valence-corrected chi connectivity index (χ0v) is 23.1. The maximum absolute atomic E-state index is 4.87. The Balaban J connectivity index is 1.45. The fourth-order valence-electron chi connectivity index (χ4n) is 4.78. The minimum absolute atomic E-state index is 0.402. The van der Waals surface area contributed by atoms with Gasteiger partial charge in [0.2, 0.25) is 0 Å². The lowest BCUT2D eigenvalue weighted by Crippen LogP contribution is -2.21. The van der Waals surface area contributed by atoms with Gasteiger partial charge in [-0.25, -0.2) is 9.98 Å². The molecule has 0 amide bonds. The number of aliphatic imine (C=N–C) groups is 1. The summed E-state index contributed by atoms with van der Waals surface area (Å²) in [5.41, 5.74) is 6.14. The summed E-state index contributed by atoms with van der Waals surface area (Å²) >= 11 is 0. The highest BCUT2D eigenvalue weighted by atomic mass is 15.4. The topological polar surface area (TPSA) is 61.9 Å². The highest BCUT2D eigenvalue weighted by molar-refractivity contribution is 5.92. The van der Waals surface area contributed by atoms with Crippen LogP contribution in [0.25, 0.3) is 28.7 Å². The molecule has 3 aromatic carbocycles. The van der Waals surface area contributed by atoms with Gasteiger partial charge in [-0.2, -0.15) is 9.50 Å².